The highest BCUT2D eigenvalue weighted by Gasteiger charge is 2.45. The summed E-state index contributed by atoms with van der Waals surface area (Å²) in [6.45, 7) is 3.96. The zero-order chi connectivity index (χ0) is 12.7. The van der Waals surface area contributed by atoms with Gasteiger partial charge in [-0.3, -0.25) is 9.05 Å². The van der Waals surface area contributed by atoms with Crippen LogP contribution in [0.1, 0.15) is 25.5 Å². The standard InChI is InChI=1S/C11H14ClO4P/c1-11(2)7-15-17(13,14)16-10(11)8-5-3-4-6-9(8)12/h3-6,10H,7H2,1-2H3,(H,13,14)/t10-/m1/s1. The van der Waals surface area contributed by atoms with Crippen LogP contribution in [0.3, 0.4) is 0 Å². The molecule has 0 aromatic heterocycles. The minimum Gasteiger partial charge on any atom is -0.302 e. The Morgan fingerprint density at radius 3 is 2.76 bits per heavy atom. The maximum atomic E-state index is 11.5. The molecule has 2 rings (SSSR count). The Morgan fingerprint density at radius 2 is 2.12 bits per heavy atom. The molecule has 94 valence electrons. The summed E-state index contributed by atoms with van der Waals surface area (Å²) in [5.74, 6) is 0. The number of halogens is 1. The molecule has 0 saturated carbocycles. The quantitative estimate of drug-likeness (QED) is 0.797. The Balaban J connectivity index is 2.41. The molecule has 1 N–H and O–H groups in total. The minimum atomic E-state index is -3.97. The summed E-state index contributed by atoms with van der Waals surface area (Å²) < 4.78 is 21.5. The molecule has 0 radical (unpaired) electrons. The lowest BCUT2D eigenvalue weighted by atomic mass is 9.83. The number of phosphoric acid groups is 1. The molecule has 1 aliphatic heterocycles. The van der Waals surface area contributed by atoms with Crippen molar-refractivity contribution in [1.29, 1.82) is 0 Å². The maximum Gasteiger partial charge on any atom is 0.472 e. The minimum absolute atomic E-state index is 0.149. The van der Waals surface area contributed by atoms with Crippen LogP contribution in [0.15, 0.2) is 24.3 Å². The van der Waals surface area contributed by atoms with Crippen LogP contribution in [0.4, 0.5) is 0 Å². The molecule has 2 atom stereocenters. The molecule has 17 heavy (non-hydrogen) atoms. The highest BCUT2D eigenvalue weighted by atomic mass is 35.5. The van der Waals surface area contributed by atoms with Crippen LogP contribution in [-0.2, 0) is 13.6 Å². The molecular weight excluding hydrogens is 263 g/mol. The van der Waals surface area contributed by atoms with Gasteiger partial charge in [0.25, 0.3) is 0 Å². The first-order valence-electron chi connectivity index (χ1n) is 5.22. The fourth-order valence-corrected chi connectivity index (χ4v) is 3.25. The molecular formula is C11H14ClO4P. The van der Waals surface area contributed by atoms with E-state index in [-0.39, 0.29) is 6.61 Å². The first kappa shape index (κ1) is 13.1. The van der Waals surface area contributed by atoms with Crippen molar-refractivity contribution in [2.75, 3.05) is 6.61 Å². The van der Waals surface area contributed by atoms with Crippen LogP contribution in [0.5, 0.6) is 0 Å². The molecule has 1 heterocycles. The van der Waals surface area contributed by atoms with E-state index in [9.17, 15) is 9.46 Å². The molecule has 6 heteroatoms. The van der Waals surface area contributed by atoms with Crippen molar-refractivity contribution in [3.8, 4) is 0 Å². The molecule has 4 nitrogen and oxygen atoms in total. The average molecular weight is 277 g/mol. The van der Waals surface area contributed by atoms with Gasteiger partial charge in [-0.05, 0) is 6.07 Å². The van der Waals surface area contributed by atoms with Crippen molar-refractivity contribution in [2.45, 2.75) is 20.0 Å². The number of hydrogen-bond acceptors (Lipinski definition) is 3. The largest absolute Gasteiger partial charge is 0.472 e. The van der Waals surface area contributed by atoms with Crippen molar-refractivity contribution in [2.24, 2.45) is 5.41 Å². The molecule has 0 spiro atoms. The second kappa shape index (κ2) is 4.38. The molecule has 1 aromatic rings. The molecule has 0 bridgehead atoms. The van der Waals surface area contributed by atoms with E-state index in [1.54, 1.807) is 18.2 Å². The smallest absolute Gasteiger partial charge is 0.302 e. The summed E-state index contributed by atoms with van der Waals surface area (Å²) in [5, 5.41) is 0.521. The molecule has 1 fully saturated rings. The van der Waals surface area contributed by atoms with Crippen LogP contribution in [0.2, 0.25) is 5.02 Å². The van der Waals surface area contributed by atoms with E-state index in [1.807, 2.05) is 19.9 Å². The number of benzene rings is 1. The first-order valence-corrected chi connectivity index (χ1v) is 7.09. The maximum absolute atomic E-state index is 11.5. The summed E-state index contributed by atoms with van der Waals surface area (Å²) in [4.78, 5) is 9.40. The lowest BCUT2D eigenvalue weighted by Crippen LogP contribution is -2.33. The van der Waals surface area contributed by atoms with Gasteiger partial charge in [0.2, 0.25) is 0 Å². The summed E-state index contributed by atoms with van der Waals surface area (Å²) in [6.07, 6.45) is -0.555. The van der Waals surface area contributed by atoms with Crippen molar-refractivity contribution >= 4 is 19.4 Å². The third-order valence-electron chi connectivity index (χ3n) is 2.74. The predicted molar refractivity (Wildman–Crippen MR) is 64.8 cm³/mol. The summed E-state index contributed by atoms with van der Waals surface area (Å²) in [5.41, 5.74) is 0.290. The lowest BCUT2D eigenvalue weighted by Gasteiger charge is -2.39. The van der Waals surface area contributed by atoms with Crippen molar-refractivity contribution in [3.63, 3.8) is 0 Å². The second-order valence-corrected chi connectivity index (χ2v) is 6.55. The summed E-state index contributed by atoms with van der Waals surface area (Å²) in [7, 11) is -3.97. The van der Waals surface area contributed by atoms with Crippen molar-refractivity contribution in [1.82, 2.24) is 0 Å². The molecule has 1 unspecified atom stereocenters. The van der Waals surface area contributed by atoms with Gasteiger partial charge in [0.15, 0.2) is 0 Å². The average Bonchev–Trinajstić information content (AvgIpc) is 2.23. The van der Waals surface area contributed by atoms with Crippen LogP contribution in [0, 0.1) is 5.41 Å². The van der Waals surface area contributed by atoms with E-state index in [1.165, 1.54) is 0 Å². The van der Waals surface area contributed by atoms with Gasteiger partial charge in [-0.2, -0.15) is 0 Å². The van der Waals surface area contributed by atoms with E-state index < -0.39 is 19.3 Å². The Bertz CT molecular complexity index is 474. The predicted octanol–water partition coefficient (Wildman–Crippen LogP) is 3.55. The second-order valence-electron chi connectivity index (χ2n) is 4.74. The van der Waals surface area contributed by atoms with Gasteiger partial charge in [-0.15, -0.1) is 0 Å². The van der Waals surface area contributed by atoms with Crippen LogP contribution in [0.25, 0.3) is 0 Å². The molecule has 0 amide bonds. The third kappa shape index (κ3) is 2.72. The van der Waals surface area contributed by atoms with E-state index in [4.69, 9.17) is 20.6 Å². The normalized spacial score (nSPS) is 32.4. The van der Waals surface area contributed by atoms with Gasteiger partial charge in [0.05, 0.1) is 6.61 Å². The van der Waals surface area contributed by atoms with E-state index in [0.717, 1.165) is 0 Å². The van der Waals surface area contributed by atoms with Gasteiger partial charge >= 0.3 is 7.82 Å². The van der Waals surface area contributed by atoms with E-state index in [2.05, 4.69) is 0 Å². The van der Waals surface area contributed by atoms with Crippen molar-refractivity contribution in [3.05, 3.63) is 34.9 Å². The third-order valence-corrected chi connectivity index (χ3v) is 4.01. The topological polar surface area (TPSA) is 55.8 Å². The highest BCUT2D eigenvalue weighted by Crippen LogP contribution is 2.58. The fourth-order valence-electron chi connectivity index (χ4n) is 1.80. The summed E-state index contributed by atoms with van der Waals surface area (Å²) >= 11 is 6.09. The zero-order valence-corrected chi connectivity index (χ0v) is 11.2. The SMILES string of the molecule is CC1(C)COP(=O)(O)O[C@@H]1c1ccccc1Cl. The highest BCUT2D eigenvalue weighted by molar-refractivity contribution is 7.47. The lowest BCUT2D eigenvalue weighted by molar-refractivity contribution is -0.0472. The number of rotatable bonds is 1. The Kier molecular flexibility index (Phi) is 3.36. The van der Waals surface area contributed by atoms with Gasteiger partial charge in [0.1, 0.15) is 6.10 Å². The number of hydrogen-bond donors (Lipinski definition) is 1. The zero-order valence-electron chi connectivity index (χ0n) is 9.59. The van der Waals surface area contributed by atoms with Crippen LogP contribution in [-0.4, -0.2) is 11.5 Å². The van der Waals surface area contributed by atoms with Crippen LogP contribution < -0.4 is 0 Å². The van der Waals surface area contributed by atoms with Crippen molar-refractivity contribution < 1.29 is 18.5 Å². The molecule has 1 saturated heterocycles. The molecule has 0 aliphatic carbocycles. The van der Waals surface area contributed by atoms with E-state index >= 15 is 0 Å². The molecule has 1 aromatic carbocycles. The number of phosphoric ester groups is 1. The van der Waals surface area contributed by atoms with Crippen LogP contribution >= 0.6 is 19.4 Å². The van der Waals surface area contributed by atoms with Gasteiger partial charge in [0, 0.05) is 16.0 Å². The first-order chi connectivity index (χ1) is 7.82. The Hall–Kier alpha value is -0.380. The molecule has 1 aliphatic rings. The Morgan fingerprint density at radius 1 is 1.47 bits per heavy atom. The summed E-state index contributed by atoms with van der Waals surface area (Å²) in [6, 6.07) is 7.14. The van der Waals surface area contributed by atoms with Gasteiger partial charge < -0.3 is 4.89 Å². The van der Waals surface area contributed by atoms with Gasteiger partial charge in [-0.25, -0.2) is 4.57 Å². The van der Waals surface area contributed by atoms with E-state index in [0.29, 0.717) is 10.6 Å². The van der Waals surface area contributed by atoms with Gasteiger partial charge in [-0.1, -0.05) is 43.6 Å². The Labute approximate surface area is 105 Å². The fraction of sp³-hybridized carbons (Fsp3) is 0.455. The monoisotopic (exact) mass is 276 g/mol.